The summed E-state index contributed by atoms with van der Waals surface area (Å²) in [5.74, 6) is -0.361. The van der Waals surface area contributed by atoms with Crippen LogP contribution in [0.25, 0.3) is 5.69 Å². The van der Waals surface area contributed by atoms with E-state index in [2.05, 4.69) is 31.2 Å². The zero-order chi connectivity index (χ0) is 20.4. The minimum Gasteiger partial charge on any atom is -0.334 e. The average molecular weight is 411 g/mol. The van der Waals surface area contributed by atoms with E-state index in [1.165, 1.54) is 11.9 Å². The van der Waals surface area contributed by atoms with Crippen LogP contribution >= 0.6 is 23.2 Å². The zero-order valence-electron chi connectivity index (χ0n) is 16.1. The van der Waals surface area contributed by atoms with Crippen LogP contribution in [-0.4, -0.2) is 44.9 Å². The van der Waals surface area contributed by atoms with Crippen molar-refractivity contribution in [2.45, 2.75) is 37.9 Å². The maximum atomic E-state index is 12.4. The number of amides is 2. The molecule has 0 unspecified atom stereocenters. The highest BCUT2D eigenvalue weighted by atomic mass is 35.5. The van der Waals surface area contributed by atoms with Crippen molar-refractivity contribution in [2.75, 3.05) is 18.9 Å². The largest absolute Gasteiger partial charge is 0.334 e. The number of nitrogens with zero attached hydrogens (tertiary/aromatic N) is 3. The molecule has 0 aliphatic heterocycles. The van der Waals surface area contributed by atoms with Gasteiger partial charge in [0.15, 0.2) is 4.84 Å². The Kier molecular flexibility index (Phi) is 6.54. The summed E-state index contributed by atoms with van der Waals surface area (Å²) in [5, 5.41) is 7.52. The van der Waals surface area contributed by atoms with Crippen molar-refractivity contribution in [3.05, 3.63) is 41.6 Å². The highest BCUT2D eigenvalue weighted by molar-refractivity contribution is 6.53. The van der Waals surface area contributed by atoms with Gasteiger partial charge in [-0.1, -0.05) is 62.2 Å². The summed E-state index contributed by atoms with van der Waals surface area (Å²) in [7, 11) is 1.47. The van der Waals surface area contributed by atoms with E-state index in [4.69, 9.17) is 23.2 Å². The molecule has 1 aromatic carbocycles. The van der Waals surface area contributed by atoms with Crippen molar-refractivity contribution in [1.29, 1.82) is 0 Å². The highest BCUT2D eigenvalue weighted by Gasteiger charge is 2.23. The predicted molar refractivity (Wildman–Crippen MR) is 109 cm³/mol. The number of carbonyl (C=O) groups is 2. The molecule has 0 aliphatic carbocycles. The van der Waals surface area contributed by atoms with Crippen molar-refractivity contribution in [3.8, 4) is 5.69 Å². The lowest BCUT2D eigenvalue weighted by molar-refractivity contribution is -0.131. The Hall–Kier alpha value is -2.05. The van der Waals surface area contributed by atoms with Gasteiger partial charge >= 0.3 is 0 Å². The van der Waals surface area contributed by atoms with Crippen LogP contribution in [0.5, 0.6) is 0 Å². The van der Waals surface area contributed by atoms with E-state index in [1.807, 2.05) is 37.3 Å². The molecule has 2 amide bonds. The van der Waals surface area contributed by atoms with Crippen molar-refractivity contribution < 1.29 is 9.59 Å². The monoisotopic (exact) mass is 410 g/mol. The Morgan fingerprint density at radius 3 is 2.44 bits per heavy atom. The van der Waals surface area contributed by atoms with Crippen molar-refractivity contribution >= 4 is 40.8 Å². The second-order valence-corrected chi connectivity index (χ2v) is 8.50. The molecule has 6 nitrogen and oxygen atoms in total. The maximum Gasteiger partial charge on any atom is 0.256 e. The van der Waals surface area contributed by atoms with Gasteiger partial charge in [0.05, 0.1) is 17.9 Å². The third-order valence-corrected chi connectivity index (χ3v) is 4.41. The van der Waals surface area contributed by atoms with Crippen LogP contribution in [0.1, 0.15) is 32.0 Å². The number of hydrogen-bond acceptors (Lipinski definition) is 3. The van der Waals surface area contributed by atoms with Crippen LogP contribution in [0.15, 0.2) is 30.3 Å². The first-order valence-electron chi connectivity index (χ1n) is 8.50. The molecule has 2 rings (SSSR count). The van der Waals surface area contributed by atoms with Crippen molar-refractivity contribution in [1.82, 2.24) is 14.7 Å². The van der Waals surface area contributed by atoms with Gasteiger partial charge in [0.2, 0.25) is 5.91 Å². The molecule has 0 aliphatic rings. The van der Waals surface area contributed by atoms with Gasteiger partial charge in [0.25, 0.3) is 5.91 Å². The topological polar surface area (TPSA) is 67.2 Å². The van der Waals surface area contributed by atoms with Crippen LogP contribution in [0, 0.1) is 6.92 Å². The van der Waals surface area contributed by atoms with Crippen molar-refractivity contribution in [2.24, 2.45) is 0 Å². The van der Waals surface area contributed by atoms with Gasteiger partial charge in [-0.25, -0.2) is 4.68 Å². The Morgan fingerprint density at radius 1 is 1.26 bits per heavy atom. The smallest absolute Gasteiger partial charge is 0.256 e. The quantitative estimate of drug-likeness (QED) is 0.764. The number of halogens is 2. The fourth-order valence-corrected chi connectivity index (χ4v) is 2.80. The fraction of sp³-hybridized carbons (Fsp3) is 0.421. The maximum absolute atomic E-state index is 12.4. The molecule has 146 valence electrons. The van der Waals surface area contributed by atoms with Gasteiger partial charge in [0, 0.05) is 18.5 Å². The number of benzene rings is 1. The molecule has 8 heteroatoms. The van der Waals surface area contributed by atoms with Gasteiger partial charge in [0.1, 0.15) is 5.82 Å². The number of aryl methyl sites for hydroxylation is 1. The molecule has 0 radical (unpaired) electrons. The van der Waals surface area contributed by atoms with Crippen LogP contribution in [0.3, 0.4) is 0 Å². The van der Waals surface area contributed by atoms with Gasteiger partial charge in [-0.2, -0.15) is 5.10 Å². The number of hydrogen-bond donors (Lipinski definition) is 1. The second-order valence-electron chi connectivity index (χ2n) is 7.41. The number of aromatic nitrogens is 2. The van der Waals surface area contributed by atoms with Crippen LogP contribution in [0.2, 0.25) is 0 Å². The first-order chi connectivity index (χ1) is 12.5. The average Bonchev–Trinajstić information content (AvgIpc) is 2.98. The lowest BCUT2D eigenvalue weighted by atomic mass is 9.92. The minimum absolute atomic E-state index is 0.168. The Labute approximate surface area is 169 Å². The van der Waals surface area contributed by atoms with E-state index in [0.29, 0.717) is 5.82 Å². The SMILES string of the molecule is Cc1ccccc1-n1nc(C(C)(C)C)cc1NC(=O)CN(C)C(=O)C(Cl)Cl. The summed E-state index contributed by atoms with van der Waals surface area (Å²) in [4.78, 5) is 24.2. The van der Waals surface area contributed by atoms with Gasteiger partial charge in [-0.15, -0.1) is 0 Å². The molecule has 0 fully saturated rings. The molecule has 1 N–H and O–H groups in total. The molecular formula is C19H24Cl2N4O2. The standard InChI is InChI=1S/C19H24Cl2N4O2/c1-12-8-6-7-9-13(12)25-15(10-14(23-25)19(2,3)4)22-16(26)11-24(5)18(27)17(20)21/h6-10,17H,11H2,1-5H3,(H,22,26). The number of anilines is 1. The molecule has 0 saturated heterocycles. The molecule has 0 bridgehead atoms. The molecule has 1 heterocycles. The van der Waals surface area contributed by atoms with E-state index in [-0.39, 0.29) is 17.9 Å². The number of nitrogens with one attached hydrogen (secondary N) is 1. The Balaban J connectivity index is 2.33. The lowest BCUT2D eigenvalue weighted by Gasteiger charge is -2.17. The third-order valence-electron chi connectivity index (χ3n) is 4.03. The number of para-hydroxylation sites is 1. The van der Waals surface area contributed by atoms with Crippen molar-refractivity contribution in [3.63, 3.8) is 0 Å². The lowest BCUT2D eigenvalue weighted by Crippen LogP contribution is -2.37. The summed E-state index contributed by atoms with van der Waals surface area (Å²) in [5.41, 5.74) is 2.54. The van der Waals surface area contributed by atoms with E-state index in [1.54, 1.807) is 4.68 Å². The Bertz CT molecular complexity index is 840. The number of carbonyl (C=O) groups excluding carboxylic acids is 2. The van der Waals surface area contributed by atoms with E-state index in [9.17, 15) is 9.59 Å². The van der Waals surface area contributed by atoms with Gasteiger partial charge in [-0.05, 0) is 18.6 Å². The molecule has 0 saturated carbocycles. The normalized spacial score (nSPS) is 11.6. The summed E-state index contributed by atoms with van der Waals surface area (Å²) in [6.45, 7) is 7.97. The molecule has 0 atom stereocenters. The van der Waals surface area contributed by atoms with Crippen LogP contribution in [-0.2, 0) is 15.0 Å². The summed E-state index contributed by atoms with van der Waals surface area (Å²) >= 11 is 11.1. The fourth-order valence-electron chi connectivity index (χ4n) is 2.46. The highest BCUT2D eigenvalue weighted by Crippen LogP contribution is 2.27. The molecule has 1 aromatic heterocycles. The zero-order valence-corrected chi connectivity index (χ0v) is 17.6. The van der Waals surface area contributed by atoms with Gasteiger partial charge in [-0.3, -0.25) is 9.59 Å². The first kappa shape index (κ1) is 21.3. The van der Waals surface area contributed by atoms with E-state index < -0.39 is 10.7 Å². The van der Waals surface area contributed by atoms with Gasteiger partial charge < -0.3 is 10.2 Å². The Morgan fingerprint density at radius 2 is 1.89 bits per heavy atom. The number of alkyl halides is 2. The molecule has 27 heavy (non-hydrogen) atoms. The summed E-state index contributed by atoms with van der Waals surface area (Å²) in [6.07, 6.45) is 0. The summed E-state index contributed by atoms with van der Waals surface area (Å²) in [6, 6.07) is 9.62. The van der Waals surface area contributed by atoms with E-state index in [0.717, 1.165) is 16.9 Å². The van der Waals surface area contributed by atoms with E-state index >= 15 is 0 Å². The van der Waals surface area contributed by atoms with Crippen LogP contribution < -0.4 is 5.32 Å². The number of likely N-dealkylation sites (N-methyl/N-ethyl adjacent to an activating group) is 1. The molecular weight excluding hydrogens is 387 g/mol. The van der Waals surface area contributed by atoms with Crippen LogP contribution in [0.4, 0.5) is 5.82 Å². The summed E-state index contributed by atoms with van der Waals surface area (Å²) < 4.78 is 1.71. The molecule has 2 aromatic rings. The third kappa shape index (κ3) is 5.23. The molecule has 0 spiro atoms. The second kappa shape index (κ2) is 8.31. The minimum atomic E-state index is -1.20. The first-order valence-corrected chi connectivity index (χ1v) is 9.37. The number of rotatable bonds is 5. The predicted octanol–water partition coefficient (Wildman–Crippen LogP) is 3.68.